The second kappa shape index (κ2) is 8.29. The first kappa shape index (κ1) is 19.7. The molecule has 3 aromatic rings. The molecule has 1 saturated carbocycles. The van der Waals surface area contributed by atoms with E-state index in [9.17, 15) is 0 Å². The van der Waals surface area contributed by atoms with Crippen LogP contribution < -0.4 is 10.6 Å². The standard InChI is InChI=1S/C21H25N5.HI/c1-22-20(24-15-21(12-13-21)16-8-4-3-5-9-16)23-14-19-25-17-10-6-7-11-18(17)26(19)2;/h3-11H,12-15H2,1-2H3,(H2,22,23,24);1H. The third-order valence-electron chi connectivity index (χ3n) is 5.35. The Hall–Kier alpha value is -2.09. The quantitative estimate of drug-likeness (QED) is 0.337. The molecule has 0 bridgehead atoms. The van der Waals surface area contributed by atoms with Crippen LogP contribution in [0.1, 0.15) is 24.2 Å². The van der Waals surface area contributed by atoms with Crippen molar-refractivity contribution in [1.82, 2.24) is 20.2 Å². The highest BCUT2D eigenvalue weighted by molar-refractivity contribution is 14.0. The van der Waals surface area contributed by atoms with Crippen molar-refractivity contribution >= 4 is 41.0 Å². The molecule has 2 aromatic carbocycles. The van der Waals surface area contributed by atoms with Gasteiger partial charge in [-0.25, -0.2) is 4.98 Å². The van der Waals surface area contributed by atoms with E-state index < -0.39 is 0 Å². The molecule has 0 radical (unpaired) electrons. The number of halogens is 1. The van der Waals surface area contributed by atoms with Crippen LogP contribution >= 0.6 is 24.0 Å². The lowest BCUT2D eigenvalue weighted by atomic mass is 9.96. The highest BCUT2D eigenvalue weighted by atomic mass is 127. The summed E-state index contributed by atoms with van der Waals surface area (Å²) in [5.74, 6) is 1.82. The van der Waals surface area contributed by atoms with Crippen molar-refractivity contribution in [3.63, 3.8) is 0 Å². The van der Waals surface area contributed by atoms with Crippen molar-refractivity contribution in [1.29, 1.82) is 0 Å². The lowest BCUT2D eigenvalue weighted by Crippen LogP contribution is -2.41. The molecule has 1 heterocycles. The second-order valence-corrected chi connectivity index (χ2v) is 7.00. The van der Waals surface area contributed by atoms with Crippen LogP contribution in [-0.2, 0) is 19.0 Å². The second-order valence-electron chi connectivity index (χ2n) is 7.00. The number of aryl methyl sites for hydroxylation is 1. The average molecular weight is 475 g/mol. The van der Waals surface area contributed by atoms with Crippen molar-refractivity contribution in [2.24, 2.45) is 12.0 Å². The number of fused-ring (bicyclic) bond motifs is 1. The van der Waals surface area contributed by atoms with Gasteiger partial charge in [0.15, 0.2) is 5.96 Å². The molecule has 4 rings (SSSR count). The number of benzene rings is 2. The summed E-state index contributed by atoms with van der Waals surface area (Å²) in [6, 6.07) is 19.0. The fourth-order valence-corrected chi connectivity index (χ4v) is 3.50. The van der Waals surface area contributed by atoms with E-state index in [-0.39, 0.29) is 29.4 Å². The highest BCUT2D eigenvalue weighted by Crippen LogP contribution is 2.47. The summed E-state index contributed by atoms with van der Waals surface area (Å²) in [5.41, 5.74) is 3.85. The zero-order chi connectivity index (χ0) is 18.0. The van der Waals surface area contributed by atoms with Crippen LogP contribution in [0, 0.1) is 0 Å². The average Bonchev–Trinajstić information content (AvgIpc) is 3.42. The molecular formula is C21H26IN5. The Bertz CT molecular complexity index is 928. The van der Waals surface area contributed by atoms with Gasteiger partial charge in [-0.2, -0.15) is 0 Å². The molecule has 0 atom stereocenters. The number of aromatic nitrogens is 2. The van der Waals surface area contributed by atoms with Crippen LogP contribution in [0.15, 0.2) is 59.6 Å². The van der Waals surface area contributed by atoms with Crippen LogP contribution in [0.3, 0.4) is 0 Å². The maximum atomic E-state index is 4.71. The predicted octanol–water partition coefficient (Wildman–Crippen LogP) is 3.59. The van der Waals surface area contributed by atoms with Gasteiger partial charge in [-0.3, -0.25) is 4.99 Å². The number of nitrogens with one attached hydrogen (secondary N) is 2. The van der Waals surface area contributed by atoms with E-state index in [1.54, 1.807) is 0 Å². The summed E-state index contributed by atoms with van der Waals surface area (Å²) in [6.07, 6.45) is 2.46. The first-order valence-corrected chi connectivity index (χ1v) is 9.12. The van der Waals surface area contributed by atoms with Gasteiger partial charge in [0.2, 0.25) is 0 Å². The van der Waals surface area contributed by atoms with Crippen LogP contribution in [0.4, 0.5) is 0 Å². The highest BCUT2D eigenvalue weighted by Gasteiger charge is 2.43. The molecule has 1 aromatic heterocycles. The maximum absolute atomic E-state index is 4.71. The van der Waals surface area contributed by atoms with Gasteiger partial charge >= 0.3 is 0 Å². The zero-order valence-electron chi connectivity index (χ0n) is 15.8. The Morgan fingerprint density at radius 2 is 1.78 bits per heavy atom. The van der Waals surface area contributed by atoms with E-state index in [0.717, 1.165) is 29.4 Å². The molecular weight excluding hydrogens is 449 g/mol. The Morgan fingerprint density at radius 1 is 1.07 bits per heavy atom. The van der Waals surface area contributed by atoms with Crippen molar-refractivity contribution in [3.05, 3.63) is 66.0 Å². The van der Waals surface area contributed by atoms with Crippen LogP contribution in [-0.4, -0.2) is 29.1 Å². The molecule has 2 N–H and O–H groups in total. The molecule has 0 aliphatic heterocycles. The SMILES string of the molecule is CN=C(NCc1nc2ccccc2n1C)NCC1(c2ccccc2)CC1.I. The van der Waals surface area contributed by atoms with Gasteiger partial charge < -0.3 is 15.2 Å². The normalized spacial score (nSPS) is 15.3. The third kappa shape index (κ3) is 4.10. The molecule has 0 spiro atoms. The van der Waals surface area contributed by atoms with E-state index in [2.05, 4.69) is 63.6 Å². The molecule has 6 heteroatoms. The number of aliphatic imine (C=N–C) groups is 1. The molecule has 1 fully saturated rings. The van der Waals surface area contributed by atoms with E-state index in [0.29, 0.717) is 6.54 Å². The van der Waals surface area contributed by atoms with Crippen LogP contribution in [0.5, 0.6) is 0 Å². The topological polar surface area (TPSA) is 54.2 Å². The minimum absolute atomic E-state index is 0. The van der Waals surface area contributed by atoms with E-state index in [1.807, 2.05) is 25.2 Å². The smallest absolute Gasteiger partial charge is 0.191 e. The van der Waals surface area contributed by atoms with Gasteiger partial charge in [0.1, 0.15) is 5.82 Å². The Balaban J connectivity index is 0.00000210. The third-order valence-corrected chi connectivity index (χ3v) is 5.35. The van der Waals surface area contributed by atoms with Crippen LogP contribution in [0.25, 0.3) is 11.0 Å². The van der Waals surface area contributed by atoms with Gasteiger partial charge in [0.05, 0.1) is 17.6 Å². The van der Waals surface area contributed by atoms with Gasteiger partial charge in [-0.1, -0.05) is 42.5 Å². The summed E-state index contributed by atoms with van der Waals surface area (Å²) < 4.78 is 2.13. The number of guanidine groups is 1. The summed E-state index contributed by atoms with van der Waals surface area (Å²) >= 11 is 0. The molecule has 1 aliphatic carbocycles. The molecule has 0 amide bonds. The van der Waals surface area contributed by atoms with Gasteiger partial charge in [0.25, 0.3) is 0 Å². The first-order chi connectivity index (χ1) is 12.7. The lowest BCUT2D eigenvalue weighted by Gasteiger charge is -2.19. The van der Waals surface area contributed by atoms with Gasteiger partial charge in [-0.05, 0) is 30.5 Å². The summed E-state index contributed by atoms with van der Waals surface area (Å²) in [4.78, 5) is 9.07. The number of nitrogens with zero attached hydrogens (tertiary/aromatic N) is 3. The van der Waals surface area contributed by atoms with Crippen molar-refractivity contribution in [2.75, 3.05) is 13.6 Å². The Kier molecular flexibility index (Phi) is 6.04. The largest absolute Gasteiger partial charge is 0.356 e. The molecule has 142 valence electrons. The van der Waals surface area contributed by atoms with Crippen LogP contribution in [0.2, 0.25) is 0 Å². The number of imidazole rings is 1. The van der Waals surface area contributed by atoms with Gasteiger partial charge in [0, 0.05) is 26.1 Å². The zero-order valence-corrected chi connectivity index (χ0v) is 18.1. The van der Waals surface area contributed by atoms with E-state index in [4.69, 9.17) is 4.98 Å². The molecule has 27 heavy (non-hydrogen) atoms. The van der Waals surface area contributed by atoms with E-state index >= 15 is 0 Å². The first-order valence-electron chi connectivity index (χ1n) is 9.12. The van der Waals surface area contributed by atoms with Gasteiger partial charge in [-0.15, -0.1) is 24.0 Å². The summed E-state index contributed by atoms with van der Waals surface area (Å²) in [7, 11) is 3.86. The maximum Gasteiger partial charge on any atom is 0.191 e. The summed E-state index contributed by atoms with van der Waals surface area (Å²) in [5, 5.41) is 6.89. The van der Waals surface area contributed by atoms with Crippen molar-refractivity contribution in [3.8, 4) is 0 Å². The minimum Gasteiger partial charge on any atom is -0.356 e. The monoisotopic (exact) mass is 475 g/mol. The Labute approximate surface area is 177 Å². The molecule has 1 aliphatic rings. The number of hydrogen-bond donors (Lipinski definition) is 2. The van der Waals surface area contributed by atoms with Crippen molar-refractivity contribution in [2.45, 2.75) is 24.8 Å². The summed E-state index contributed by atoms with van der Waals surface area (Å²) in [6.45, 7) is 1.54. The van der Waals surface area contributed by atoms with Crippen molar-refractivity contribution < 1.29 is 0 Å². The fraction of sp³-hybridized carbons (Fsp3) is 0.333. The molecule has 0 saturated heterocycles. The number of hydrogen-bond acceptors (Lipinski definition) is 2. The minimum atomic E-state index is 0. The fourth-order valence-electron chi connectivity index (χ4n) is 3.50. The molecule has 5 nitrogen and oxygen atoms in total. The predicted molar refractivity (Wildman–Crippen MR) is 122 cm³/mol. The lowest BCUT2D eigenvalue weighted by molar-refractivity contribution is 0.641. The number of para-hydroxylation sites is 2. The number of rotatable bonds is 5. The molecule has 0 unspecified atom stereocenters. The Morgan fingerprint density at radius 3 is 2.44 bits per heavy atom. The van der Waals surface area contributed by atoms with E-state index in [1.165, 1.54) is 18.4 Å².